The molecule has 1 aliphatic heterocycles. The van der Waals surface area contributed by atoms with Crippen molar-refractivity contribution in [3.8, 4) is 0 Å². The van der Waals surface area contributed by atoms with Crippen LogP contribution in [0.5, 0.6) is 0 Å². The Morgan fingerprint density at radius 2 is 2.19 bits per heavy atom. The molecule has 2 heterocycles. The highest BCUT2D eigenvalue weighted by atomic mass is 32.1. The van der Waals surface area contributed by atoms with Gasteiger partial charge in [0.15, 0.2) is 0 Å². The summed E-state index contributed by atoms with van der Waals surface area (Å²) in [7, 11) is 6.26. The summed E-state index contributed by atoms with van der Waals surface area (Å²) in [6.45, 7) is 5.94. The molecule has 1 aliphatic rings. The fourth-order valence-corrected chi connectivity index (χ4v) is 4.16. The zero-order valence-electron chi connectivity index (χ0n) is 13.7. The molecule has 0 radical (unpaired) electrons. The molecular weight excluding hydrogens is 282 g/mol. The number of carbonyl (C=O) groups excluding carboxylic acids is 1. The van der Waals surface area contributed by atoms with E-state index in [0.29, 0.717) is 0 Å². The fraction of sp³-hybridized carbons (Fsp3) is 0.688. The molecule has 0 atom stereocenters. The average Bonchev–Trinajstić information content (AvgIpc) is 2.80. The minimum atomic E-state index is 0.132. The maximum atomic E-state index is 12.6. The predicted octanol–water partition coefficient (Wildman–Crippen LogP) is 1.98. The van der Waals surface area contributed by atoms with Crippen molar-refractivity contribution >= 4 is 17.2 Å². The third kappa shape index (κ3) is 4.05. The summed E-state index contributed by atoms with van der Waals surface area (Å²) < 4.78 is 0. The van der Waals surface area contributed by atoms with Crippen molar-refractivity contribution in [3.63, 3.8) is 0 Å². The summed E-state index contributed by atoms with van der Waals surface area (Å²) in [4.78, 5) is 19.7. The van der Waals surface area contributed by atoms with Crippen LogP contribution in [-0.4, -0.2) is 56.5 Å². The number of thiophene rings is 1. The van der Waals surface area contributed by atoms with Crippen LogP contribution in [-0.2, 0) is 19.4 Å². The van der Waals surface area contributed by atoms with Crippen molar-refractivity contribution in [2.24, 2.45) is 0 Å². The third-order valence-electron chi connectivity index (χ3n) is 3.94. The number of fused-ring (bicyclic) bond motifs is 1. The Bertz CT molecular complexity index is 496. The number of carbonyl (C=O) groups is 1. The van der Waals surface area contributed by atoms with Crippen LogP contribution >= 0.6 is 11.3 Å². The van der Waals surface area contributed by atoms with Gasteiger partial charge >= 0.3 is 0 Å². The number of aryl methyl sites for hydroxylation is 1. The number of nitrogens with one attached hydrogen (secondary N) is 1. The second-order valence-corrected chi connectivity index (χ2v) is 7.25. The van der Waals surface area contributed by atoms with E-state index in [4.69, 9.17) is 0 Å². The van der Waals surface area contributed by atoms with E-state index in [2.05, 4.69) is 43.2 Å². The zero-order chi connectivity index (χ0) is 15.4. The molecule has 1 amide bonds. The van der Waals surface area contributed by atoms with Crippen LogP contribution in [0.2, 0.25) is 0 Å². The number of hydrogen-bond donors (Lipinski definition) is 1. The van der Waals surface area contributed by atoms with Crippen LogP contribution in [0.1, 0.15) is 39.0 Å². The predicted molar refractivity (Wildman–Crippen MR) is 89.2 cm³/mol. The van der Waals surface area contributed by atoms with Gasteiger partial charge in [-0.3, -0.25) is 4.79 Å². The molecule has 0 fully saturated rings. The summed E-state index contributed by atoms with van der Waals surface area (Å²) in [6, 6.07) is 0. The summed E-state index contributed by atoms with van der Waals surface area (Å²) in [5.41, 5.74) is 2.29. The van der Waals surface area contributed by atoms with Gasteiger partial charge in [-0.1, -0.05) is 6.92 Å². The van der Waals surface area contributed by atoms with Gasteiger partial charge in [-0.25, -0.2) is 0 Å². The lowest BCUT2D eigenvalue weighted by Crippen LogP contribution is -2.30. The molecule has 0 aromatic carbocycles. The minimum Gasteiger partial charge on any atom is -0.352 e. The zero-order valence-corrected chi connectivity index (χ0v) is 14.5. The van der Waals surface area contributed by atoms with E-state index in [1.54, 1.807) is 0 Å². The van der Waals surface area contributed by atoms with Gasteiger partial charge in [-0.15, -0.1) is 11.3 Å². The summed E-state index contributed by atoms with van der Waals surface area (Å²) in [5, 5.41) is 3.10. The highest BCUT2D eigenvalue weighted by molar-refractivity contribution is 7.12. The van der Waals surface area contributed by atoms with E-state index < -0.39 is 0 Å². The second kappa shape index (κ2) is 7.38. The molecule has 5 heteroatoms. The van der Waals surface area contributed by atoms with E-state index >= 15 is 0 Å². The molecule has 21 heavy (non-hydrogen) atoms. The van der Waals surface area contributed by atoms with Crippen molar-refractivity contribution in [2.45, 2.75) is 32.7 Å². The van der Waals surface area contributed by atoms with Gasteiger partial charge < -0.3 is 15.1 Å². The number of hydrogen-bond acceptors (Lipinski definition) is 4. The maximum Gasteiger partial charge on any atom is 0.252 e. The first kappa shape index (κ1) is 16.5. The van der Waals surface area contributed by atoms with E-state index in [0.717, 1.165) is 51.0 Å². The van der Waals surface area contributed by atoms with Crippen LogP contribution in [0, 0.1) is 0 Å². The first-order valence-corrected chi connectivity index (χ1v) is 8.59. The molecule has 2 rings (SSSR count). The molecule has 1 N–H and O–H groups in total. The van der Waals surface area contributed by atoms with E-state index in [-0.39, 0.29) is 5.91 Å². The molecular formula is C16H27N3OS. The fourth-order valence-electron chi connectivity index (χ4n) is 2.79. The highest BCUT2D eigenvalue weighted by Crippen LogP contribution is 2.33. The number of likely N-dealkylation sites (N-methyl/N-ethyl adjacent to an activating group) is 1. The summed E-state index contributed by atoms with van der Waals surface area (Å²) in [5.74, 6) is 0.132. The SMILES string of the molecule is CCc1sc2c(c1C(=O)NCCCN(C)C)CCN(C)C2. The van der Waals surface area contributed by atoms with E-state index in [1.807, 2.05) is 11.3 Å². The van der Waals surface area contributed by atoms with Crippen molar-refractivity contribution in [2.75, 3.05) is 40.8 Å². The van der Waals surface area contributed by atoms with Gasteiger partial charge in [0.05, 0.1) is 5.56 Å². The molecule has 4 nitrogen and oxygen atoms in total. The van der Waals surface area contributed by atoms with Crippen LogP contribution in [0.15, 0.2) is 0 Å². The molecule has 1 aromatic rings. The molecule has 0 bridgehead atoms. The molecule has 1 aromatic heterocycles. The Labute approximate surface area is 132 Å². The molecule has 0 saturated carbocycles. The lowest BCUT2D eigenvalue weighted by Gasteiger charge is -2.22. The van der Waals surface area contributed by atoms with E-state index in [1.165, 1.54) is 15.3 Å². The normalized spacial score (nSPS) is 15.3. The molecule has 118 valence electrons. The van der Waals surface area contributed by atoms with Crippen LogP contribution in [0.3, 0.4) is 0 Å². The van der Waals surface area contributed by atoms with Crippen molar-refractivity contribution in [3.05, 3.63) is 20.9 Å². The monoisotopic (exact) mass is 309 g/mol. The second-order valence-electron chi connectivity index (χ2n) is 6.06. The van der Waals surface area contributed by atoms with Crippen molar-refractivity contribution < 1.29 is 4.79 Å². The topological polar surface area (TPSA) is 35.6 Å². The largest absolute Gasteiger partial charge is 0.352 e. The minimum absolute atomic E-state index is 0.132. The highest BCUT2D eigenvalue weighted by Gasteiger charge is 2.25. The summed E-state index contributed by atoms with van der Waals surface area (Å²) in [6.07, 6.45) is 2.94. The van der Waals surface area contributed by atoms with Crippen LogP contribution in [0.4, 0.5) is 0 Å². The van der Waals surface area contributed by atoms with Crippen molar-refractivity contribution in [1.82, 2.24) is 15.1 Å². The van der Waals surface area contributed by atoms with Gasteiger partial charge in [0.2, 0.25) is 0 Å². The van der Waals surface area contributed by atoms with Crippen LogP contribution < -0.4 is 5.32 Å². The Kier molecular flexibility index (Phi) is 5.79. The van der Waals surface area contributed by atoms with Crippen molar-refractivity contribution in [1.29, 1.82) is 0 Å². The lowest BCUT2D eigenvalue weighted by atomic mass is 10.0. The Hall–Kier alpha value is -0.910. The molecule has 0 unspecified atom stereocenters. The third-order valence-corrected chi connectivity index (χ3v) is 5.30. The van der Waals surface area contributed by atoms with Gasteiger partial charge in [0.25, 0.3) is 5.91 Å². The Morgan fingerprint density at radius 1 is 1.43 bits per heavy atom. The van der Waals surface area contributed by atoms with Gasteiger partial charge in [0, 0.05) is 29.4 Å². The van der Waals surface area contributed by atoms with Gasteiger partial charge in [-0.05, 0) is 52.5 Å². The van der Waals surface area contributed by atoms with Gasteiger partial charge in [-0.2, -0.15) is 0 Å². The van der Waals surface area contributed by atoms with Crippen LogP contribution in [0.25, 0.3) is 0 Å². The van der Waals surface area contributed by atoms with Gasteiger partial charge in [0.1, 0.15) is 0 Å². The standard InChI is InChI=1S/C16H27N3OS/c1-5-13-15(16(20)17-8-6-9-18(2)3)12-7-10-19(4)11-14(12)21-13/h5-11H2,1-4H3,(H,17,20). The average molecular weight is 309 g/mol. The number of rotatable bonds is 6. The molecule has 0 aliphatic carbocycles. The summed E-state index contributed by atoms with van der Waals surface area (Å²) >= 11 is 1.83. The quantitative estimate of drug-likeness (QED) is 0.816. The molecule has 0 spiro atoms. The molecule has 0 saturated heterocycles. The van der Waals surface area contributed by atoms with E-state index in [9.17, 15) is 4.79 Å². The Balaban J connectivity index is 2.06. The number of amides is 1. The smallest absolute Gasteiger partial charge is 0.252 e. The number of nitrogens with zero attached hydrogens (tertiary/aromatic N) is 2. The Morgan fingerprint density at radius 3 is 2.86 bits per heavy atom. The maximum absolute atomic E-state index is 12.6. The lowest BCUT2D eigenvalue weighted by molar-refractivity contribution is 0.0950. The first-order chi connectivity index (χ1) is 10.0. The first-order valence-electron chi connectivity index (χ1n) is 7.77.